The van der Waals surface area contributed by atoms with Gasteiger partial charge in [-0.3, -0.25) is 9.59 Å². The maximum Gasteiger partial charge on any atom is 0.306 e. The lowest BCUT2D eigenvalue weighted by molar-refractivity contribution is -0.305. The van der Waals surface area contributed by atoms with Crippen LogP contribution in [0.5, 0.6) is 0 Å². The largest absolute Gasteiger partial charge is 0.454 e. The fraction of sp³-hybridized carbons (Fsp3) is 0.676. The van der Waals surface area contributed by atoms with Crippen molar-refractivity contribution in [3.8, 4) is 0 Å². The van der Waals surface area contributed by atoms with Gasteiger partial charge in [-0.1, -0.05) is 276 Å². The zero-order chi connectivity index (χ0) is 61.7. The number of carbonyl (C=O) groups is 2. The Bertz CT molecular complexity index is 1890. The molecule has 11 nitrogen and oxygen atoms in total. The molecule has 1 amide bonds. The van der Waals surface area contributed by atoms with Gasteiger partial charge in [-0.15, -0.1) is 0 Å². The van der Waals surface area contributed by atoms with Crippen LogP contribution < -0.4 is 5.32 Å². The first-order chi connectivity index (χ1) is 41.7. The number of hydrogen-bond acceptors (Lipinski definition) is 10. The number of carbonyl (C=O) groups excluding carboxylic acids is 2. The Morgan fingerprint density at radius 2 is 0.847 bits per heavy atom. The quantitative estimate of drug-likeness (QED) is 0.0195. The van der Waals surface area contributed by atoms with Crippen LogP contribution in [0.1, 0.15) is 258 Å². The minimum atomic E-state index is -1.65. The average Bonchev–Trinajstić information content (AvgIpc) is 2.90. The van der Waals surface area contributed by atoms with E-state index >= 15 is 0 Å². The lowest BCUT2D eigenvalue weighted by Gasteiger charge is -2.41. The van der Waals surface area contributed by atoms with Crippen molar-refractivity contribution in [2.24, 2.45) is 0 Å². The number of unbranched alkanes of at least 4 members (excludes halogenated alkanes) is 22. The van der Waals surface area contributed by atoms with Crippen molar-refractivity contribution in [3.63, 3.8) is 0 Å². The number of nitrogens with one attached hydrogen (secondary N) is 1. The highest BCUT2D eigenvalue weighted by Crippen LogP contribution is 2.26. The third-order valence-corrected chi connectivity index (χ3v) is 15.0. The molecule has 8 unspecified atom stereocenters. The van der Waals surface area contributed by atoms with Crippen molar-refractivity contribution in [2.75, 3.05) is 13.2 Å². The number of esters is 1. The van der Waals surface area contributed by atoms with E-state index in [0.717, 1.165) is 103 Å². The second-order valence-electron chi connectivity index (χ2n) is 22.8. The van der Waals surface area contributed by atoms with Crippen molar-refractivity contribution >= 4 is 11.9 Å². The molecule has 1 heterocycles. The Morgan fingerprint density at radius 1 is 0.471 bits per heavy atom. The molecule has 0 aliphatic carbocycles. The first-order valence-electron chi connectivity index (χ1n) is 34.0. The summed E-state index contributed by atoms with van der Waals surface area (Å²) in [6.45, 7) is 5.60. The molecule has 0 aromatic heterocycles. The Balaban J connectivity index is 2.63. The van der Waals surface area contributed by atoms with E-state index in [4.69, 9.17) is 14.2 Å². The molecular weight excluding hydrogens is 1060 g/mol. The first-order valence-corrected chi connectivity index (χ1v) is 34.0. The summed E-state index contributed by atoms with van der Waals surface area (Å²) < 4.78 is 17.6. The standard InChI is InChI=1S/C74H123NO10/c1-4-7-10-13-16-19-22-24-26-28-30-31-32-33-34-35-36-38-39-41-43-46-49-52-55-58-61-67(78)73(82)75-65(66(77)60-57-54-51-48-45-21-18-15-12-9-6-3)64-83-74-72(71(81)70(80)68(63-76)84-74)85-69(79)62-59-56-53-50-47-44-42-40-37-29-27-25-23-20-17-14-11-8-5-2/h8,11,16-17,19-20,24-27,30-31,33-34,37,40,44,47,53,56-57,60,65-68,70-72,74,76-78,80-81H,4-7,9-10,12-15,18,21-23,28-29,32,35-36,38-39,41-43,45-46,48-52,54-55,58-59,61-64H2,1-3H3,(H,75,82)/b11-8-,19-16-,20-17-,26-24-,27-25-,31-30-,34-33-,40-37-,47-44-,56-53-,60-57+. The number of hydrogen-bond donors (Lipinski definition) is 6. The molecule has 1 aliphatic rings. The molecule has 11 heteroatoms. The second kappa shape index (κ2) is 60.1. The first kappa shape index (κ1) is 78.8. The molecule has 6 N–H and O–H groups in total. The highest BCUT2D eigenvalue weighted by molar-refractivity contribution is 5.80. The Morgan fingerprint density at radius 3 is 1.29 bits per heavy atom. The van der Waals surface area contributed by atoms with E-state index in [2.05, 4.69) is 135 Å². The average molecular weight is 1190 g/mol. The third kappa shape index (κ3) is 47.5. The normalized spacial score (nSPS) is 19.3. The minimum Gasteiger partial charge on any atom is -0.454 e. The van der Waals surface area contributed by atoms with Gasteiger partial charge in [0, 0.05) is 6.42 Å². The van der Waals surface area contributed by atoms with Crippen LogP contribution in [0.15, 0.2) is 134 Å². The molecule has 0 bridgehead atoms. The van der Waals surface area contributed by atoms with Gasteiger partial charge in [0.2, 0.25) is 5.91 Å². The number of allylic oxidation sites excluding steroid dienone is 21. The third-order valence-electron chi connectivity index (χ3n) is 15.0. The molecule has 0 aromatic rings. The maximum atomic E-state index is 13.5. The Hall–Kier alpha value is -4.20. The summed E-state index contributed by atoms with van der Waals surface area (Å²) in [5, 5.41) is 57.1. The molecule has 1 fully saturated rings. The summed E-state index contributed by atoms with van der Waals surface area (Å²) in [5.74, 6) is -1.29. The number of aliphatic hydroxyl groups is 5. The van der Waals surface area contributed by atoms with Crippen LogP contribution in [-0.2, 0) is 23.8 Å². The van der Waals surface area contributed by atoms with Gasteiger partial charge in [0.05, 0.1) is 25.4 Å². The van der Waals surface area contributed by atoms with Crippen molar-refractivity contribution in [1.82, 2.24) is 5.32 Å². The van der Waals surface area contributed by atoms with Gasteiger partial charge in [0.25, 0.3) is 0 Å². The molecule has 0 spiro atoms. The molecule has 0 aromatic carbocycles. The molecule has 0 saturated carbocycles. The lowest BCUT2D eigenvalue weighted by Crippen LogP contribution is -2.61. The van der Waals surface area contributed by atoms with Gasteiger partial charge in [-0.05, 0) is 109 Å². The molecule has 85 heavy (non-hydrogen) atoms. The zero-order valence-electron chi connectivity index (χ0n) is 53.7. The number of rotatable bonds is 56. The lowest BCUT2D eigenvalue weighted by atomic mass is 9.99. The number of aliphatic hydroxyl groups excluding tert-OH is 5. The van der Waals surface area contributed by atoms with E-state index in [-0.39, 0.29) is 19.4 Å². The smallest absolute Gasteiger partial charge is 0.306 e. The van der Waals surface area contributed by atoms with Crippen molar-refractivity contribution < 1.29 is 49.3 Å². The van der Waals surface area contributed by atoms with Gasteiger partial charge in [-0.2, -0.15) is 0 Å². The van der Waals surface area contributed by atoms with Crippen LogP contribution in [-0.4, -0.2) is 99.6 Å². The molecule has 1 rings (SSSR count). The molecule has 1 saturated heterocycles. The molecule has 0 radical (unpaired) electrons. The van der Waals surface area contributed by atoms with Gasteiger partial charge in [0.15, 0.2) is 12.4 Å². The van der Waals surface area contributed by atoms with Gasteiger partial charge in [-0.25, -0.2) is 0 Å². The predicted octanol–water partition coefficient (Wildman–Crippen LogP) is 17.2. The molecule has 1 aliphatic heterocycles. The van der Waals surface area contributed by atoms with Crippen molar-refractivity contribution in [2.45, 2.75) is 307 Å². The summed E-state index contributed by atoms with van der Waals surface area (Å²) in [4.78, 5) is 26.6. The van der Waals surface area contributed by atoms with Crippen LogP contribution in [0.4, 0.5) is 0 Å². The summed E-state index contributed by atoms with van der Waals surface area (Å²) in [5.41, 5.74) is 0. The summed E-state index contributed by atoms with van der Waals surface area (Å²) in [6.07, 6.45) is 75.0. The van der Waals surface area contributed by atoms with Crippen LogP contribution in [0.25, 0.3) is 0 Å². The minimum absolute atomic E-state index is 0.00859. The van der Waals surface area contributed by atoms with E-state index in [1.807, 2.05) is 18.2 Å². The van der Waals surface area contributed by atoms with Crippen molar-refractivity contribution in [3.05, 3.63) is 134 Å². The second-order valence-corrected chi connectivity index (χ2v) is 22.8. The Kier molecular flexibility index (Phi) is 55.7. The Labute approximate surface area is 518 Å². The van der Waals surface area contributed by atoms with E-state index in [1.54, 1.807) is 6.08 Å². The number of amides is 1. The predicted molar refractivity (Wildman–Crippen MR) is 356 cm³/mol. The van der Waals surface area contributed by atoms with E-state index in [0.29, 0.717) is 19.3 Å². The SMILES string of the molecule is CC/C=C\C/C=C\C/C=C\C/C=C\C/C=C\C/C=C\CCC(=O)OC1C(OCC(NC(=O)C(O)CCCCCCCCCCCC/C=C\C/C=C\C/C=C\C/C=C\CCCCC)C(O)/C=C/CCCCCCCCCCC)OC(CO)C(O)C1O. The van der Waals surface area contributed by atoms with E-state index < -0.39 is 67.4 Å². The highest BCUT2D eigenvalue weighted by atomic mass is 16.7. The molecule has 8 atom stereocenters. The molecule has 484 valence electrons. The monoisotopic (exact) mass is 1190 g/mol. The number of ether oxygens (including phenoxy) is 3. The van der Waals surface area contributed by atoms with Crippen LogP contribution in [0, 0.1) is 0 Å². The molecular formula is C74H123NO10. The van der Waals surface area contributed by atoms with Gasteiger partial charge in [0.1, 0.15) is 24.4 Å². The summed E-state index contributed by atoms with van der Waals surface area (Å²) in [6, 6.07) is -1.05. The van der Waals surface area contributed by atoms with E-state index in [1.165, 1.54) is 103 Å². The highest BCUT2D eigenvalue weighted by Gasteiger charge is 2.47. The van der Waals surface area contributed by atoms with Crippen LogP contribution in [0.3, 0.4) is 0 Å². The van der Waals surface area contributed by atoms with Crippen LogP contribution in [0.2, 0.25) is 0 Å². The zero-order valence-corrected chi connectivity index (χ0v) is 53.7. The summed E-state index contributed by atoms with van der Waals surface area (Å²) >= 11 is 0. The van der Waals surface area contributed by atoms with Gasteiger partial charge >= 0.3 is 5.97 Å². The topological polar surface area (TPSA) is 175 Å². The maximum absolute atomic E-state index is 13.5. The summed E-state index contributed by atoms with van der Waals surface area (Å²) in [7, 11) is 0. The van der Waals surface area contributed by atoms with Gasteiger partial charge < -0.3 is 45.1 Å². The fourth-order valence-electron chi connectivity index (χ4n) is 9.72. The van der Waals surface area contributed by atoms with E-state index in [9.17, 15) is 35.1 Å². The van der Waals surface area contributed by atoms with Crippen molar-refractivity contribution in [1.29, 1.82) is 0 Å². The van der Waals surface area contributed by atoms with Crippen LogP contribution >= 0.6 is 0 Å². The fourth-order valence-corrected chi connectivity index (χ4v) is 9.72.